The maximum Gasteiger partial charge on any atom is 0.161 e. The van der Waals surface area contributed by atoms with Crippen LogP contribution in [0.3, 0.4) is 0 Å². The van der Waals surface area contributed by atoms with Gasteiger partial charge < -0.3 is 14.7 Å². The Bertz CT molecular complexity index is 531. The van der Waals surface area contributed by atoms with Crippen LogP contribution < -0.4 is 0 Å². The van der Waals surface area contributed by atoms with Gasteiger partial charge in [0.05, 0.1) is 36.9 Å². The smallest absolute Gasteiger partial charge is 0.161 e. The van der Waals surface area contributed by atoms with E-state index >= 15 is 0 Å². The summed E-state index contributed by atoms with van der Waals surface area (Å²) in [5.74, 6) is 0.686. The average Bonchev–Trinajstić information content (AvgIpc) is 2.86. The molecule has 3 heterocycles. The second kappa shape index (κ2) is 3.22. The SMILES string of the molecule is N#CC1(c2ncc(-c3ccc[nH]3)[nH]2)COC1. The van der Waals surface area contributed by atoms with Gasteiger partial charge in [0.1, 0.15) is 5.82 Å². The molecule has 16 heavy (non-hydrogen) atoms. The lowest BCUT2D eigenvalue weighted by atomic mass is 9.87. The average molecular weight is 214 g/mol. The number of nitriles is 1. The second-order valence-corrected chi connectivity index (χ2v) is 3.92. The number of ether oxygens (including phenoxy) is 1. The number of H-pyrrole nitrogens is 2. The van der Waals surface area contributed by atoms with Crippen molar-refractivity contribution in [3.05, 3.63) is 30.4 Å². The molecule has 0 amide bonds. The van der Waals surface area contributed by atoms with Crippen LogP contribution in [0.1, 0.15) is 5.82 Å². The molecule has 5 heteroatoms. The maximum absolute atomic E-state index is 9.13. The van der Waals surface area contributed by atoms with Gasteiger partial charge in [-0.1, -0.05) is 0 Å². The van der Waals surface area contributed by atoms with E-state index in [0.29, 0.717) is 19.0 Å². The summed E-state index contributed by atoms with van der Waals surface area (Å²) in [6.45, 7) is 0.836. The Morgan fingerprint density at radius 1 is 1.44 bits per heavy atom. The molecule has 0 unspecified atom stereocenters. The maximum atomic E-state index is 9.13. The molecule has 3 rings (SSSR count). The van der Waals surface area contributed by atoms with Crippen LogP contribution >= 0.6 is 0 Å². The molecule has 2 aromatic heterocycles. The summed E-state index contributed by atoms with van der Waals surface area (Å²) in [4.78, 5) is 10.5. The Kier molecular flexibility index (Phi) is 1.85. The summed E-state index contributed by atoms with van der Waals surface area (Å²) in [5.41, 5.74) is 1.28. The van der Waals surface area contributed by atoms with Crippen molar-refractivity contribution in [2.75, 3.05) is 13.2 Å². The lowest BCUT2D eigenvalue weighted by molar-refractivity contribution is -0.0335. The molecule has 1 aliphatic heterocycles. The second-order valence-electron chi connectivity index (χ2n) is 3.92. The molecule has 5 nitrogen and oxygen atoms in total. The highest BCUT2D eigenvalue weighted by molar-refractivity contribution is 5.53. The van der Waals surface area contributed by atoms with E-state index in [1.807, 2.05) is 18.3 Å². The molecule has 0 bridgehead atoms. The van der Waals surface area contributed by atoms with E-state index in [4.69, 9.17) is 10.00 Å². The van der Waals surface area contributed by atoms with E-state index in [1.54, 1.807) is 6.20 Å². The first-order valence-electron chi connectivity index (χ1n) is 5.02. The number of hydrogen-bond acceptors (Lipinski definition) is 3. The molecule has 80 valence electrons. The first-order valence-corrected chi connectivity index (χ1v) is 5.02. The van der Waals surface area contributed by atoms with Crippen molar-refractivity contribution in [3.8, 4) is 17.5 Å². The van der Waals surface area contributed by atoms with E-state index in [2.05, 4.69) is 21.0 Å². The van der Waals surface area contributed by atoms with Gasteiger partial charge in [0.15, 0.2) is 5.41 Å². The van der Waals surface area contributed by atoms with Crippen molar-refractivity contribution in [2.45, 2.75) is 5.41 Å². The summed E-state index contributed by atoms with van der Waals surface area (Å²) < 4.78 is 5.09. The van der Waals surface area contributed by atoms with Crippen LogP contribution in [-0.4, -0.2) is 28.2 Å². The van der Waals surface area contributed by atoms with Crippen LogP contribution in [0.5, 0.6) is 0 Å². The van der Waals surface area contributed by atoms with Crippen LogP contribution in [0, 0.1) is 11.3 Å². The molecule has 1 fully saturated rings. The normalized spacial score (nSPS) is 17.7. The molecule has 0 saturated carbocycles. The van der Waals surface area contributed by atoms with Crippen LogP contribution in [0.15, 0.2) is 24.5 Å². The van der Waals surface area contributed by atoms with Crippen LogP contribution in [-0.2, 0) is 10.2 Å². The Hall–Kier alpha value is -2.06. The molecular formula is C11H10N4O. The lowest BCUT2D eigenvalue weighted by Crippen LogP contribution is -2.46. The Balaban J connectivity index is 1.97. The van der Waals surface area contributed by atoms with Crippen LogP contribution in [0.4, 0.5) is 0 Å². The van der Waals surface area contributed by atoms with Gasteiger partial charge in [-0.25, -0.2) is 4.98 Å². The monoisotopic (exact) mass is 214 g/mol. The minimum Gasteiger partial charge on any atom is -0.377 e. The van der Waals surface area contributed by atoms with Crippen molar-refractivity contribution in [3.63, 3.8) is 0 Å². The summed E-state index contributed by atoms with van der Waals surface area (Å²) in [7, 11) is 0. The summed E-state index contributed by atoms with van der Waals surface area (Å²) >= 11 is 0. The summed E-state index contributed by atoms with van der Waals surface area (Å²) in [6.07, 6.45) is 3.58. The lowest BCUT2D eigenvalue weighted by Gasteiger charge is -2.32. The fourth-order valence-electron chi connectivity index (χ4n) is 1.76. The number of nitrogens with zero attached hydrogens (tertiary/aromatic N) is 2. The number of imidazole rings is 1. The van der Waals surface area contributed by atoms with Crippen molar-refractivity contribution >= 4 is 0 Å². The first kappa shape index (κ1) is 9.19. The van der Waals surface area contributed by atoms with E-state index < -0.39 is 5.41 Å². The van der Waals surface area contributed by atoms with Gasteiger partial charge in [-0.15, -0.1) is 0 Å². The standard InChI is InChI=1S/C11H10N4O/c12-5-11(6-16-7-11)10-14-4-9(15-10)8-2-1-3-13-8/h1-4,13H,6-7H2,(H,14,15). The zero-order valence-electron chi connectivity index (χ0n) is 8.53. The fourth-order valence-corrected chi connectivity index (χ4v) is 1.76. The summed E-state index contributed by atoms with van der Waals surface area (Å²) in [6, 6.07) is 6.13. The van der Waals surface area contributed by atoms with Crippen LogP contribution in [0.2, 0.25) is 0 Å². The Morgan fingerprint density at radius 3 is 2.88 bits per heavy atom. The minimum atomic E-state index is -0.579. The predicted octanol–water partition coefficient (Wildman–Crippen LogP) is 1.20. The Morgan fingerprint density at radius 2 is 2.31 bits per heavy atom. The third-order valence-corrected chi connectivity index (χ3v) is 2.83. The summed E-state index contributed by atoms with van der Waals surface area (Å²) in [5, 5.41) is 9.13. The molecule has 2 aromatic rings. The van der Waals surface area contributed by atoms with E-state index in [-0.39, 0.29) is 0 Å². The molecule has 0 spiro atoms. The number of rotatable bonds is 2. The topological polar surface area (TPSA) is 77.5 Å². The fraction of sp³-hybridized carbons (Fsp3) is 0.273. The largest absolute Gasteiger partial charge is 0.377 e. The number of nitrogens with one attached hydrogen (secondary N) is 2. The van der Waals surface area contributed by atoms with E-state index in [0.717, 1.165) is 11.4 Å². The predicted molar refractivity (Wildman–Crippen MR) is 56.5 cm³/mol. The van der Waals surface area contributed by atoms with Crippen molar-refractivity contribution in [1.82, 2.24) is 15.0 Å². The highest BCUT2D eigenvalue weighted by Gasteiger charge is 2.43. The van der Waals surface area contributed by atoms with Gasteiger partial charge in [-0.2, -0.15) is 5.26 Å². The molecule has 0 radical (unpaired) electrons. The van der Waals surface area contributed by atoms with Crippen molar-refractivity contribution in [2.24, 2.45) is 0 Å². The quantitative estimate of drug-likeness (QED) is 0.788. The van der Waals surface area contributed by atoms with Crippen molar-refractivity contribution in [1.29, 1.82) is 5.26 Å². The highest BCUT2D eigenvalue weighted by atomic mass is 16.5. The third kappa shape index (κ3) is 1.17. The number of aromatic amines is 2. The zero-order valence-corrected chi connectivity index (χ0v) is 8.53. The zero-order chi connectivity index (χ0) is 11.0. The van der Waals surface area contributed by atoms with Gasteiger partial charge in [0.2, 0.25) is 0 Å². The highest BCUT2D eigenvalue weighted by Crippen LogP contribution is 2.30. The first-order chi connectivity index (χ1) is 7.84. The molecule has 1 aliphatic rings. The van der Waals surface area contributed by atoms with E-state index in [9.17, 15) is 0 Å². The molecule has 1 saturated heterocycles. The third-order valence-electron chi connectivity index (χ3n) is 2.83. The molecule has 2 N–H and O–H groups in total. The van der Waals surface area contributed by atoms with E-state index in [1.165, 1.54) is 0 Å². The minimum absolute atomic E-state index is 0.418. The van der Waals surface area contributed by atoms with Crippen LogP contribution in [0.25, 0.3) is 11.4 Å². The molecular weight excluding hydrogens is 204 g/mol. The van der Waals surface area contributed by atoms with Gasteiger partial charge in [0.25, 0.3) is 0 Å². The number of aromatic nitrogens is 3. The Labute approximate surface area is 92.1 Å². The van der Waals surface area contributed by atoms with Gasteiger partial charge in [-0.05, 0) is 12.1 Å². The van der Waals surface area contributed by atoms with Crippen molar-refractivity contribution < 1.29 is 4.74 Å². The van der Waals surface area contributed by atoms with Gasteiger partial charge in [-0.3, -0.25) is 0 Å². The molecule has 0 aliphatic carbocycles. The number of hydrogen-bond donors (Lipinski definition) is 2. The molecule has 0 aromatic carbocycles. The van der Waals surface area contributed by atoms with Gasteiger partial charge in [0, 0.05) is 6.20 Å². The molecule has 0 atom stereocenters. The van der Waals surface area contributed by atoms with Gasteiger partial charge >= 0.3 is 0 Å².